The minimum atomic E-state index is -3.25. The number of nitrogens with zero attached hydrogens (tertiary/aromatic N) is 2. The maximum atomic E-state index is 11.6. The molecule has 126 valence electrons. The molecule has 0 bridgehead atoms. The molecular formula is C18H14ClN3O2S. The van der Waals surface area contributed by atoms with Crippen LogP contribution in [-0.4, -0.2) is 24.6 Å². The number of aromatic amines is 1. The van der Waals surface area contributed by atoms with Gasteiger partial charge >= 0.3 is 0 Å². The van der Waals surface area contributed by atoms with Gasteiger partial charge in [0.2, 0.25) is 0 Å². The van der Waals surface area contributed by atoms with Crippen LogP contribution in [0.15, 0.2) is 53.4 Å². The Bertz CT molecular complexity index is 1050. The second-order valence-electron chi connectivity index (χ2n) is 5.55. The molecule has 0 unspecified atom stereocenters. The summed E-state index contributed by atoms with van der Waals surface area (Å²) in [4.78, 5) is 7.98. The van der Waals surface area contributed by atoms with Crippen LogP contribution < -0.4 is 0 Å². The summed E-state index contributed by atoms with van der Waals surface area (Å²) < 4.78 is 23.2. The predicted octanol–water partition coefficient (Wildman–Crippen LogP) is 3.87. The molecule has 2 aromatic carbocycles. The van der Waals surface area contributed by atoms with Crippen molar-refractivity contribution >= 4 is 21.4 Å². The Kier molecular flexibility index (Phi) is 4.62. The molecule has 5 nitrogen and oxygen atoms in total. The number of benzene rings is 2. The van der Waals surface area contributed by atoms with Gasteiger partial charge in [0.15, 0.2) is 9.84 Å². The Morgan fingerprint density at radius 1 is 1.08 bits per heavy atom. The maximum Gasteiger partial charge on any atom is 0.175 e. The first-order valence-electron chi connectivity index (χ1n) is 7.41. The molecule has 1 aromatic heterocycles. The molecule has 0 amide bonds. The molecular weight excluding hydrogens is 358 g/mol. The first-order valence-corrected chi connectivity index (χ1v) is 9.67. The third kappa shape index (κ3) is 3.73. The van der Waals surface area contributed by atoms with Crippen LogP contribution in [0.1, 0.15) is 5.69 Å². The summed E-state index contributed by atoms with van der Waals surface area (Å²) in [5.74, 6) is 0.629. The van der Waals surface area contributed by atoms with Gasteiger partial charge in [0.25, 0.3) is 0 Å². The lowest BCUT2D eigenvalue weighted by Crippen LogP contribution is -1.96. The number of nitriles is 1. The lowest BCUT2D eigenvalue weighted by atomic mass is 10.1. The Labute approximate surface area is 150 Å². The number of nitrogens with one attached hydrogen (secondary N) is 1. The molecule has 0 fully saturated rings. The number of hydrogen-bond acceptors (Lipinski definition) is 4. The van der Waals surface area contributed by atoms with Crippen LogP contribution in [-0.2, 0) is 16.3 Å². The number of imidazole rings is 1. The van der Waals surface area contributed by atoms with Crippen molar-refractivity contribution in [3.8, 4) is 28.7 Å². The highest BCUT2D eigenvalue weighted by molar-refractivity contribution is 7.90. The van der Waals surface area contributed by atoms with E-state index in [1.54, 1.807) is 36.4 Å². The van der Waals surface area contributed by atoms with Crippen LogP contribution in [0, 0.1) is 11.3 Å². The standard InChI is InChI=1S/C18H14ClN3O2S/c1-25(23,24)15-8-4-12(5-9-15)17-16(10-11-20)21-18(22-17)13-2-6-14(19)7-3-13/h2-9H,10H2,1H3,(H,21,22). The van der Waals surface area contributed by atoms with Crippen LogP contribution >= 0.6 is 11.6 Å². The van der Waals surface area contributed by atoms with Crippen LogP contribution in [0.25, 0.3) is 22.6 Å². The Morgan fingerprint density at radius 2 is 1.68 bits per heavy atom. The Morgan fingerprint density at radius 3 is 2.24 bits per heavy atom. The van der Waals surface area contributed by atoms with E-state index in [1.165, 1.54) is 0 Å². The SMILES string of the molecule is CS(=O)(=O)c1ccc(-c2[nH]c(-c3ccc(Cl)cc3)nc2CC#N)cc1. The smallest absolute Gasteiger partial charge is 0.175 e. The van der Waals surface area contributed by atoms with Crippen molar-refractivity contribution in [1.82, 2.24) is 9.97 Å². The van der Waals surface area contributed by atoms with Crippen molar-refractivity contribution in [2.75, 3.05) is 6.26 Å². The van der Waals surface area contributed by atoms with Gasteiger partial charge in [-0.25, -0.2) is 13.4 Å². The van der Waals surface area contributed by atoms with Crippen molar-refractivity contribution in [2.24, 2.45) is 0 Å². The van der Waals surface area contributed by atoms with Crippen molar-refractivity contribution in [2.45, 2.75) is 11.3 Å². The lowest BCUT2D eigenvalue weighted by molar-refractivity contribution is 0.602. The first-order chi connectivity index (χ1) is 11.9. The molecule has 0 aliphatic rings. The van der Waals surface area contributed by atoms with Gasteiger partial charge in [-0.2, -0.15) is 5.26 Å². The minimum Gasteiger partial charge on any atom is -0.338 e. The molecule has 0 aliphatic heterocycles. The molecule has 0 saturated carbocycles. The quantitative estimate of drug-likeness (QED) is 0.754. The average Bonchev–Trinajstić information content (AvgIpc) is 2.99. The molecule has 0 spiro atoms. The van der Waals surface area contributed by atoms with Gasteiger partial charge < -0.3 is 4.98 Å². The number of sulfone groups is 1. The number of H-pyrrole nitrogens is 1. The van der Waals surface area contributed by atoms with E-state index < -0.39 is 9.84 Å². The van der Waals surface area contributed by atoms with Crippen LogP contribution in [0.4, 0.5) is 0 Å². The summed E-state index contributed by atoms with van der Waals surface area (Å²) >= 11 is 5.91. The van der Waals surface area contributed by atoms with Gasteiger partial charge in [-0.1, -0.05) is 23.7 Å². The largest absolute Gasteiger partial charge is 0.338 e. The van der Waals surface area contributed by atoms with Gasteiger partial charge in [-0.3, -0.25) is 0 Å². The van der Waals surface area contributed by atoms with E-state index in [4.69, 9.17) is 16.9 Å². The highest BCUT2D eigenvalue weighted by atomic mass is 35.5. The van der Waals surface area contributed by atoms with E-state index in [0.29, 0.717) is 22.2 Å². The van der Waals surface area contributed by atoms with Crippen LogP contribution in [0.5, 0.6) is 0 Å². The molecule has 0 aliphatic carbocycles. The molecule has 1 N–H and O–H groups in total. The molecule has 0 atom stereocenters. The number of halogens is 1. The van der Waals surface area contributed by atoms with E-state index in [2.05, 4.69) is 16.0 Å². The number of rotatable bonds is 4. The molecule has 3 aromatic rings. The molecule has 1 heterocycles. The van der Waals surface area contributed by atoms with Crippen LogP contribution in [0.2, 0.25) is 5.02 Å². The molecule has 7 heteroatoms. The second kappa shape index (κ2) is 6.71. The number of hydrogen-bond donors (Lipinski definition) is 1. The Balaban J connectivity index is 2.06. The summed E-state index contributed by atoms with van der Waals surface area (Å²) in [6.07, 6.45) is 1.31. The maximum absolute atomic E-state index is 11.6. The summed E-state index contributed by atoms with van der Waals surface area (Å²) in [6.45, 7) is 0. The zero-order valence-electron chi connectivity index (χ0n) is 13.3. The van der Waals surface area contributed by atoms with E-state index in [0.717, 1.165) is 17.4 Å². The average molecular weight is 372 g/mol. The van der Waals surface area contributed by atoms with Gasteiger partial charge in [-0.15, -0.1) is 0 Å². The monoisotopic (exact) mass is 371 g/mol. The molecule has 25 heavy (non-hydrogen) atoms. The van der Waals surface area contributed by atoms with Crippen molar-refractivity contribution in [3.05, 3.63) is 59.2 Å². The van der Waals surface area contributed by atoms with Gasteiger partial charge in [0.1, 0.15) is 5.82 Å². The zero-order valence-corrected chi connectivity index (χ0v) is 14.9. The van der Waals surface area contributed by atoms with E-state index in [1.807, 2.05) is 12.1 Å². The third-order valence-corrected chi connectivity index (χ3v) is 5.09. The fourth-order valence-electron chi connectivity index (χ4n) is 2.46. The van der Waals surface area contributed by atoms with E-state index in [9.17, 15) is 8.42 Å². The molecule has 0 saturated heterocycles. The van der Waals surface area contributed by atoms with Gasteiger partial charge in [0, 0.05) is 16.8 Å². The lowest BCUT2D eigenvalue weighted by Gasteiger charge is -2.02. The highest BCUT2D eigenvalue weighted by Crippen LogP contribution is 2.28. The second-order valence-corrected chi connectivity index (χ2v) is 8.00. The Hall–Kier alpha value is -2.62. The zero-order chi connectivity index (χ0) is 18.0. The van der Waals surface area contributed by atoms with Gasteiger partial charge in [-0.05, 0) is 42.0 Å². The predicted molar refractivity (Wildman–Crippen MR) is 96.9 cm³/mol. The third-order valence-electron chi connectivity index (χ3n) is 3.71. The fourth-order valence-corrected chi connectivity index (χ4v) is 3.22. The van der Waals surface area contributed by atoms with Gasteiger partial charge in [0.05, 0.1) is 28.8 Å². The normalized spacial score (nSPS) is 11.2. The van der Waals surface area contributed by atoms with E-state index in [-0.39, 0.29) is 11.3 Å². The first kappa shape index (κ1) is 17.2. The van der Waals surface area contributed by atoms with E-state index >= 15 is 0 Å². The summed E-state index contributed by atoms with van der Waals surface area (Å²) in [5.41, 5.74) is 2.93. The van der Waals surface area contributed by atoms with Crippen molar-refractivity contribution in [1.29, 1.82) is 5.26 Å². The molecule has 3 rings (SSSR count). The highest BCUT2D eigenvalue weighted by Gasteiger charge is 2.14. The summed E-state index contributed by atoms with van der Waals surface area (Å²) in [6, 6.07) is 15.8. The van der Waals surface area contributed by atoms with Crippen molar-refractivity contribution in [3.63, 3.8) is 0 Å². The fraction of sp³-hybridized carbons (Fsp3) is 0.111. The minimum absolute atomic E-state index is 0.146. The van der Waals surface area contributed by atoms with Crippen molar-refractivity contribution < 1.29 is 8.42 Å². The topological polar surface area (TPSA) is 86.6 Å². The summed E-state index contributed by atoms with van der Waals surface area (Å²) in [7, 11) is -3.25. The van der Waals surface area contributed by atoms with Crippen LogP contribution in [0.3, 0.4) is 0 Å². The number of aromatic nitrogens is 2. The summed E-state index contributed by atoms with van der Waals surface area (Å²) in [5, 5.41) is 9.69. The molecule has 0 radical (unpaired) electrons.